The summed E-state index contributed by atoms with van der Waals surface area (Å²) in [6.45, 7) is 4.51. The van der Waals surface area contributed by atoms with Crippen molar-refractivity contribution >= 4 is 38.4 Å². The Hall–Kier alpha value is -4.79. The van der Waals surface area contributed by atoms with Gasteiger partial charge in [0, 0.05) is 17.7 Å². The summed E-state index contributed by atoms with van der Waals surface area (Å²) in [4.78, 5) is 0. The van der Waals surface area contributed by atoms with E-state index in [4.69, 9.17) is 11.1 Å². The molecule has 0 fully saturated rings. The van der Waals surface area contributed by atoms with Crippen LogP contribution in [0.2, 0.25) is 0 Å². The number of nitrogens with one attached hydrogen (secondary N) is 1. The maximum atomic E-state index is 8.50. The number of hydrogen-bond donors (Lipinski definition) is 2. The van der Waals surface area contributed by atoms with Gasteiger partial charge in [-0.3, -0.25) is 0 Å². The molecule has 0 bridgehead atoms. The van der Waals surface area contributed by atoms with Crippen molar-refractivity contribution in [3.63, 3.8) is 0 Å². The zero-order chi connectivity index (χ0) is 29.1. The Balaban J connectivity index is 1.59. The van der Waals surface area contributed by atoms with Crippen molar-refractivity contribution in [2.24, 2.45) is 5.73 Å². The molecule has 42 heavy (non-hydrogen) atoms. The molecule has 1 unspecified atom stereocenters. The van der Waals surface area contributed by atoms with Gasteiger partial charge < -0.3 is 11.1 Å². The van der Waals surface area contributed by atoms with Gasteiger partial charge in [0.05, 0.1) is 0 Å². The van der Waals surface area contributed by atoms with Gasteiger partial charge in [-0.05, 0) is 104 Å². The molecule has 0 spiro atoms. The smallest absolute Gasteiger partial charge is 0.0289 e. The van der Waals surface area contributed by atoms with E-state index in [1.807, 2.05) is 19.1 Å². The van der Waals surface area contributed by atoms with E-state index in [9.17, 15) is 0 Å². The Bertz CT molecular complexity index is 1920. The average molecular weight is 545 g/mol. The van der Waals surface area contributed by atoms with Crippen LogP contribution in [0.1, 0.15) is 37.0 Å². The molecular weight excluding hydrogens is 508 g/mol. The highest BCUT2D eigenvalue weighted by atomic mass is 14.5. The second-order valence-corrected chi connectivity index (χ2v) is 11.4. The quantitative estimate of drug-likeness (QED) is 0.155. The van der Waals surface area contributed by atoms with Crippen molar-refractivity contribution in [1.82, 2.24) is 0 Å². The summed E-state index contributed by atoms with van der Waals surface area (Å²) in [7, 11) is 0. The van der Waals surface area contributed by atoms with E-state index in [-0.39, 0.29) is 5.41 Å². The number of rotatable bonds is 7. The summed E-state index contributed by atoms with van der Waals surface area (Å²) < 4.78 is 0. The maximum Gasteiger partial charge on any atom is 0.0289 e. The van der Waals surface area contributed by atoms with E-state index in [0.717, 1.165) is 34.3 Å². The molecule has 0 heterocycles. The van der Waals surface area contributed by atoms with Gasteiger partial charge in [0.2, 0.25) is 0 Å². The van der Waals surface area contributed by atoms with E-state index in [0.29, 0.717) is 12.3 Å². The predicted molar refractivity (Wildman–Crippen MR) is 182 cm³/mol. The summed E-state index contributed by atoms with van der Waals surface area (Å²) in [6, 6.07) is 36.7. The molecule has 0 radical (unpaired) electrons. The molecule has 2 heteroatoms. The standard InChI is InChI=1S/C40H36N2/c1-28(42)21-33(39-26-35(40(2)19-11-4-12-20-40)24-31-16-8-10-18-37(31)39)23-34(27-41)38-25-32(29-13-5-3-6-14-29)22-30-15-7-9-17-36(30)38/h3-19,21-26,42H,20,27,41H2,1-2H3/b33-21+,34-23+,42-28?. The van der Waals surface area contributed by atoms with Crippen molar-refractivity contribution in [2.45, 2.75) is 25.7 Å². The first-order chi connectivity index (χ1) is 20.4. The summed E-state index contributed by atoms with van der Waals surface area (Å²) in [5.41, 5.74) is 14.8. The zero-order valence-electron chi connectivity index (χ0n) is 24.3. The van der Waals surface area contributed by atoms with Crippen LogP contribution in [-0.2, 0) is 5.41 Å². The first-order valence-corrected chi connectivity index (χ1v) is 14.6. The third-order valence-electron chi connectivity index (χ3n) is 8.32. The first-order valence-electron chi connectivity index (χ1n) is 14.6. The number of fused-ring (bicyclic) bond motifs is 2. The number of allylic oxidation sites excluding steroid dienone is 7. The van der Waals surface area contributed by atoms with Gasteiger partial charge >= 0.3 is 0 Å². The van der Waals surface area contributed by atoms with Gasteiger partial charge in [0.25, 0.3) is 0 Å². The lowest BCUT2D eigenvalue weighted by atomic mass is 9.75. The zero-order valence-corrected chi connectivity index (χ0v) is 24.3. The molecule has 0 amide bonds. The van der Waals surface area contributed by atoms with E-state index in [1.165, 1.54) is 32.7 Å². The van der Waals surface area contributed by atoms with Gasteiger partial charge in [0.15, 0.2) is 0 Å². The van der Waals surface area contributed by atoms with Gasteiger partial charge in [-0.15, -0.1) is 0 Å². The predicted octanol–water partition coefficient (Wildman–Crippen LogP) is 9.90. The fourth-order valence-corrected chi connectivity index (χ4v) is 6.06. The third-order valence-corrected chi connectivity index (χ3v) is 8.32. The summed E-state index contributed by atoms with van der Waals surface area (Å²) in [6.07, 6.45) is 13.9. The van der Waals surface area contributed by atoms with Crippen molar-refractivity contribution in [3.05, 3.63) is 156 Å². The largest absolute Gasteiger partial charge is 0.326 e. The molecule has 0 aromatic heterocycles. The highest BCUT2D eigenvalue weighted by molar-refractivity contribution is 6.07. The number of benzene rings is 5. The SMILES string of the molecule is CC(=N)/C=C(\C=C(/CN)c1cc(-c2ccccc2)cc2ccccc12)c1cc(C2(C)C=CC=CC2)cc2ccccc12. The Morgan fingerprint density at radius 1 is 0.762 bits per heavy atom. The Morgan fingerprint density at radius 2 is 1.43 bits per heavy atom. The molecule has 206 valence electrons. The van der Waals surface area contributed by atoms with Crippen LogP contribution in [0.25, 0.3) is 43.8 Å². The Kier molecular flexibility index (Phi) is 7.56. The van der Waals surface area contributed by atoms with Crippen LogP contribution in [0, 0.1) is 5.41 Å². The van der Waals surface area contributed by atoms with E-state index in [2.05, 4.69) is 134 Å². The van der Waals surface area contributed by atoms with Crippen LogP contribution in [0.3, 0.4) is 0 Å². The number of hydrogen-bond acceptors (Lipinski definition) is 2. The van der Waals surface area contributed by atoms with Gasteiger partial charge in [-0.25, -0.2) is 0 Å². The average Bonchev–Trinajstić information content (AvgIpc) is 3.02. The minimum Gasteiger partial charge on any atom is -0.326 e. The highest BCUT2D eigenvalue weighted by Crippen LogP contribution is 2.39. The van der Waals surface area contributed by atoms with E-state index in [1.54, 1.807) is 0 Å². The topological polar surface area (TPSA) is 49.9 Å². The highest BCUT2D eigenvalue weighted by Gasteiger charge is 2.25. The normalized spacial score (nSPS) is 17.2. The molecule has 2 nitrogen and oxygen atoms in total. The minimum absolute atomic E-state index is 0.0982. The van der Waals surface area contributed by atoms with Crippen LogP contribution in [0.15, 0.2) is 140 Å². The first kappa shape index (κ1) is 27.4. The van der Waals surface area contributed by atoms with Crippen molar-refractivity contribution in [2.75, 3.05) is 6.54 Å². The van der Waals surface area contributed by atoms with Crippen LogP contribution < -0.4 is 5.73 Å². The lowest BCUT2D eigenvalue weighted by molar-refractivity contribution is 0.600. The van der Waals surface area contributed by atoms with E-state index < -0.39 is 0 Å². The lowest BCUT2D eigenvalue weighted by Crippen LogP contribution is -2.19. The molecule has 3 N–H and O–H groups in total. The number of nitrogens with two attached hydrogens (primary N) is 1. The van der Waals surface area contributed by atoms with Gasteiger partial charge in [-0.2, -0.15) is 0 Å². The molecular formula is C40H36N2. The summed E-state index contributed by atoms with van der Waals surface area (Å²) >= 11 is 0. The molecule has 5 aromatic carbocycles. The van der Waals surface area contributed by atoms with Crippen LogP contribution >= 0.6 is 0 Å². The van der Waals surface area contributed by atoms with Crippen LogP contribution in [0.5, 0.6) is 0 Å². The second kappa shape index (κ2) is 11.6. The summed E-state index contributed by atoms with van der Waals surface area (Å²) in [5.74, 6) is 0. The maximum absolute atomic E-state index is 8.50. The molecule has 0 saturated carbocycles. The molecule has 0 aliphatic heterocycles. The molecule has 5 aromatic rings. The van der Waals surface area contributed by atoms with Gasteiger partial charge in [-0.1, -0.05) is 116 Å². The molecule has 1 aliphatic rings. The van der Waals surface area contributed by atoms with Crippen molar-refractivity contribution in [3.8, 4) is 11.1 Å². The molecule has 0 saturated heterocycles. The van der Waals surface area contributed by atoms with Crippen LogP contribution in [0.4, 0.5) is 0 Å². The molecule has 6 rings (SSSR count). The monoisotopic (exact) mass is 544 g/mol. The van der Waals surface area contributed by atoms with Crippen molar-refractivity contribution < 1.29 is 0 Å². The Labute approximate surface area is 248 Å². The fourth-order valence-electron chi connectivity index (χ4n) is 6.06. The molecule has 1 aliphatic carbocycles. The lowest BCUT2D eigenvalue weighted by Gasteiger charge is -2.28. The fraction of sp³-hybridized carbons (Fsp3) is 0.125. The minimum atomic E-state index is -0.0982. The van der Waals surface area contributed by atoms with Gasteiger partial charge in [0.1, 0.15) is 0 Å². The van der Waals surface area contributed by atoms with Crippen LogP contribution in [-0.4, -0.2) is 12.3 Å². The third kappa shape index (κ3) is 5.42. The van der Waals surface area contributed by atoms with E-state index >= 15 is 0 Å². The molecule has 1 atom stereocenters. The van der Waals surface area contributed by atoms with Crippen molar-refractivity contribution in [1.29, 1.82) is 5.41 Å². The second-order valence-electron chi connectivity index (χ2n) is 11.4. The summed E-state index contributed by atoms with van der Waals surface area (Å²) in [5, 5.41) is 13.2. The Morgan fingerprint density at radius 3 is 2.10 bits per heavy atom.